The molecule has 0 fully saturated rings. The fourth-order valence-electron chi connectivity index (χ4n) is 1.97. The number of benzene rings is 2. The van der Waals surface area contributed by atoms with Crippen molar-refractivity contribution in [3.63, 3.8) is 0 Å². The summed E-state index contributed by atoms with van der Waals surface area (Å²) >= 11 is 5.93. The summed E-state index contributed by atoms with van der Waals surface area (Å²) in [5.74, 6) is 0. The SMILES string of the molecule is Cc1cc(C)cc(NS(=O)(=O)c2cc(N)ccc2Cl)c1. The molecule has 0 unspecified atom stereocenters. The Kier molecular flexibility index (Phi) is 3.92. The molecule has 0 aliphatic rings. The first-order valence-corrected chi connectivity index (χ1v) is 7.80. The third kappa shape index (κ3) is 3.23. The molecule has 0 saturated carbocycles. The predicted molar refractivity (Wildman–Crippen MR) is 82.6 cm³/mol. The van der Waals surface area contributed by atoms with Crippen LogP contribution in [0.2, 0.25) is 5.02 Å². The summed E-state index contributed by atoms with van der Waals surface area (Å²) in [5, 5.41) is 0.135. The van der Waals surface area contributed by atoms with Gasteiger partial charge >= 0.3 is 0 Å². The highest BCUT2D eigenvalue weighted by molar-refractivity contribution is 7.92. The number of sulfonamides is 1. The van der Waals surface area contributed by atoms with Gasteiger partial charge < -0.3 is 5.73 Å². The predicted octanol–water partition coefficient (Wildman–Crippen LogP) is 3.34. The summed E-state index contributed by atoms with van der Waals surface area (Å²) in [6.07, 6.45) is 0. The minimum atomic E-state index is -3.76. The zero-order chi connectivity index (χ0) is 14.9. The van der Waals surface area contributed by atoms with E-state index in [-0.39, 0.29) is 9.92 Å². The number of anilines is 2. The molecule has 3 N–H and O–H groups in total. The van der Waals surface area contributed by atoms with Gasteiger partial charge in [-0.1, -0.05) is 17.7 Å². The van der Waals surface area contributed by atoms with Crippen molar-refractivity contribution in [3.05, 3.63) is 52.5 Å². The van der Waals surface area contributed by atoms with E-state index in [1.54, 1.807) is 18.2 Å². The highest BCUT2D eigenvalue weighted by atomic mass is 35.5. The van der Waals surface area contributed by atoms with Gasteiger partial charge in [-0.25, -0.2) is 8.42 Å². The second-order valence-corrected chi connectivity index (χ2v) is 6.73. The summed E-state index contributed by atoms with van der Waals surface area (Å²) in [5.41, 5.74) is 8.41. The first-order chi connectivity index (χ1) is 9.28. The summed E-state index contributed by atoms with van der Waals surface area (Å²) in [6.45, 7) is 3.80. The smallest absolute Gasteiger partial charge is 0.263 e. The Hall–Kier alpha value is -1.72. The first-order valence-electron chi connectivity index (χ1n) is 5.94. The maximum atomic E-state index is 12.3. The summed E-state index contributed by atoms with van der Waals surface area (Å²) in [7, 11) is -3.76. The van der Waals surface area contributed by atoms with Crippen molar-refractivity contribution in [3.8, 4) is 0 Å². The minimum absolute atomic E-state index is 0.0293. The van der Waals surface area contributed by atoms with Crippen LogP contribution in [-0.2, 0) is 10.0 Å². The molecule has 0 spiro atoms. The van der Waals surface area contributed by atoms with Crippen LogP contribution in [-0.4, -0.2) is 8.42 Å². The van der Waals surface area contributed by atoms with Gasteiger partial charge in [0, 0.05) is 11.4 Å². The summed E-state index contributed by atoms with van der Waals surface area (Å²) < 4.78 is 27.2. The molecule has 106 valence electrons. The fourth-order valence-corrected chi connectivity index (χ4v) is 3.55. The molecule has 2 aromatic rings. The maximum absolute atomic E-state index is 12.3. The normalized spacial score (nSPS) is 11.3. The van der Waals surface area contributed by atoms with E-state index in [0.717, 1.165) is 11.1 Å². The van der Waals surface area contributed by atoms with Gasteiger partial charge in [0.1, 0.15) is 4.90 Å². The van der Waals surface area contributed by atoms with Gasteiger partial charge in [0.05, 0.1) is 5.02 Å². The van der Waals surface area contributed by atoms with E-state index < -0.39 is 10.0 Å². The Balaban J connectivity index is 2.43. The van der Waals surface area contributed by atoms with Crippen LogP contribution in [0.15, 0.2) is 41.3 Å². The molecule has 0 radical (unpaired) electrons. The van der Waals surface area contributed by atoms with Gasteiger partial charge in [-0.3, -0.25) is 4.72 Å². The molecule has 0 saturated heterocycles. The lowest BCUT2D eigenvalue weighted by atomic mass is 10.1. The first kappa shape index (κ1) is 14.7. The molecule has 20 heavy (non-hydrogen) atoms. The zero-order valence-electron chi connectivity index (χ0n) is 11.1. The molecular formula is C14H15ClN2O2S. The Morgan fingerprint density at radius 3 is 2.25 bits per heavy atom. The molecular weight excluding hydrogens is 296 g/mol. The molecule has 4 nitrogen and oxygen atoms in total. The van der Waals surface area contributed by atoms with Gasteiger partial charge in [-0.05, 0) is 55.3 Å². The van der Waals surface area contributed by atoms with Gasteiger partial charge in [0.25, 0.3) is 10.0 Å². The molecule has 2 aromatic carbocycles. The summed E-state index contributed by atoms with van der Waals surface area (Å²) in [6, 6.07) is 9.83. The molecule has 2 rings (SSSR count). The molecule has 0 amide bonds. The van der Waals surface area contributed by atoms with Gasteiger partial charge in [-0.15, -0.1) is 0 Å². The minimum Gasteiger partial charge on any atom is -0.399 e. The van der Waals surface area contributed by atoms with Gasteiger partial charge in [-0.2, -0.15) is 0 Å². The fraction of sp³-hybridized carbons (Fsp3) is 0.143. The van der Waals surface area contributed by atoms with Gasteiger partial charge in [0.2, 0.25) is 0 Å². The van der Waals surface area contributed by atoms with E-state index in [2.05, 4.69) is 4.72 Å². The van der Waals surface area contributed by atoms with Crippen molar-refractivity contribution >= 4 is 33.0 Å². The highest BCUT2D eigenvalue weighted by Crippen LogP contribution is 2.26. The van der Waals surface area contributed by atoms with E-state index >= 15 is 0 Å². The molecule has 0 heterocycles. The van der Waals surface area contributed by atoms with Crippen molar-refractivity contribution < 1.29 is 8.42 Å². The van der Waals surface area contributed by atoms with Crippen LogP contribution in [0.25, 0.3) is 0 Å². The number of rotatable bonds is 3. The van der Waals surface area contributed by atoms with Crippen LogP contribution in [0, 0.1) is 13.8 Å². The number of hydrogen-bond donors (Lipinski definition) is 2. The average Bonchev–Trinajstić information content (AvgIpc) is 2.30. The lowest BCUT2D eigenvalue weighted by molar-refractivity contribution is 0.601. The Bertz CT molecular complexity index is 738. The van der Waals surface area contributed by atoms with Crippen molar-refractivity contribution in [1.29, 1.82) is 0 Å². The number of hydrogen-bond acceptors (Lipinski definition) is 3. The van der Waals surface area contributed by atoms with Crippen molar-refractivity contribution in [2.45, 2.75) is 18.7 Å². The number of aryl methyl sites for hydroxylation is 2. The van der Waals surface area contributed by atoms with Crippen LogP contribution >= 0.6 is 11.6 Å². The van der Waals surface area contributed by atoms with Gasteiger partial charge in [0.15, 0.2) is 0 Å². The van der Waals surface area contributed by atoms with Crippen molar-refractivity contribution in [2.24, 2.45) is 0 Å². The molecule has 0 atom stereocenters. The Labute approximate surface area is 123 Å². The topological polar surface area (TPSA) is 72.2 Å². The van der Waals surface area contributed by atoms with Crippen LogP contribution in [0.4, 0.5) is 11.4 Å². The molecule has 0 aromatic heterocycles. The number of halogens is 1. The zero-order valence-corrected chi connectivity index (χ0v) is 12.7. The van der Waals surface area contributed by atoms with E-state index in [9.17, 15) is 8.42 Å². The third-order valence-corrected chi connectivity index (χ3v) is 4.58. The van der Waals surface area contributed by atoms with Crippen LogP contribution in [0.1, 0.15) is 11.1 Å². The highest BCUT2D eigenvalue weighted by Gasteiger charge is 2.18. The number of nitrogen functional groups attached to an aromatic ring is 1. The van der Waals surface area contributed by atoms with E-state index in [1.165, 1.54) is 12.1 Å². The van der Waals surface area contributed by atoms with Crippen LogP contribution in [0.5, 0.6) is 0 Å². The van der Waals surface area contributed by atoms with Crippen molar-refractivity contribution in [2.75, 3.05) is 10.5 Å². The maximum Gasteiger partial charge on any atom is 0.263 e. The number of nitrogens with two attached hydrogens (primary N) is 1. The largest absolute Gasteiger partial charge is 0.399 e. The van der Waals surface area contributed by atoms with E-state index in [4.69, 9.17) is 17.3 Å². The Morgan fingerprint density at radius 1 is 1.05 bits per heavy atom. The number of nitrogens with one attached hydrogen (secondary N) is 1. The standard InChI is InChI=1S/C14H15ClN2O2S/c1-9-5-10(2)7-12(6-9)17-20(18,19)14-8-11(16)3-4-13(14)15/h3-8,17H,16H2,1-2H3. The van der Waals surface area contributed by atoms with Crippen LogP contribution in [0.3, 0.4) is 0 Å². The van der Waals surface area contributed by atoms with Crippen LogP contribution < -0.4 is 10.5 Å². The average molecular weight is 311 g/mol. The van der Waals surface area contributed by atoms with E-state index in [1.807, 2.05) is 19.9 Å². The monoisotopic (exact) mass is 310 g/mol. The second kappa shape index (κ2) is 5.34. The van der Waals surface area contributed by atoms with Crippen molar-refractivity contribution in [1.82, 2.24) is 0 Å². The molecule has 6 heteroatoms. The lowest BCUT2D eigenvalue weighted by Gasteiger charge is -2.11. The molecule has 0 aliphatic carbocycles. The lowest BCUT2D eigenvalue weighted by Crippen LogP contribution is -2.14. The quantitative estimate of drug-likeness (QED) is 0.854. The second-order valence-electron chi connectivity index (χ2n) is 4.67. The third-order valence-electron chi connectivity index (χ3n) is 2.72. The van der Waals surface area contributed by atoms with E-state index in [0.29, 0.717) is 11.4 Å². The summed E-state index contributed by atoms with van der Waals surface area (Å²) in [4.78, 5) is -0.0293. The molecule has 0 bridgehead atoms. The Morgan fingerprint density at radius 2 is 1.65 bits per heavy atom. The molecule has 0 aliphatic heterocycles.